The number of nitrogens with zero attached hydrogens (tertiary/aromatic N) is 1. The van der Waals surface area contributed by atoms with E-state index >= 15 is 0 Å². The van der Waals surface area contributed by atoms with Crippen molar-refractivity contribution in [1.82, 2.24) is 4.90 Å². The lowest BCUT2D eigenvalue weighted by molar-refractivity contribution is -0.147. The van der Waals surface area contributed by atoms with Crippen LogP contribution in [0.2, 0.25) is 0 Å². The molecule has 0 spiro atoms. The van der Waals surface area contributed by atoms with Gasteiger partial charge in [0.2, 0.25) is 0 Å². The van der Waals surface area contributed by atoms with Gasteiger partial charge in [-0.1, -0.05) is 40.0 Å². The highest BCUT2D eigenvalue weighted by molar-refractivity contribution is 5.74. The third-order valence-corrected chi connectivity index (χ3v) is 3.34. The minimum atomic E-state index is -0.876. The van der Waals surface area contributed by atoms with Gasteiger partial charge < -0.3 is 10.2 Å². The van der Waals surface area contributed by atoms with Crippen molar-refractivity contribution >= 4 is 11.9 Å². The fourth-order valence-electron chi connectivity index (χ4n) is 2.13. The van der Waals surface area contributed by atoms with Gasteiger partial charge in [-0.25, -0.2) is 0 Å². The summed E-state index contributed by atoms with van der Waals surface area (Å²) in [7, 11) is 0. The van der Waals surface area contributed by atoms with Gasteiger partial charge in [-0.2, -0.15) is 0 Å². The maximum absolute atomic E-state index is 11.2. The molecule has 5 heteroatoms. The lowest BCUT2D eigenvalue weighted by Crippen LogP contribution is -2.44. The summed E-state index contributed by atoms with van der Waals surface area (Å²) in [6.07, 6.45) is 4.73. The van der Waals surface area contributed by atoms with Crippen molar-refractivity contribution in [1.29, 1.82) is 0 Å². The molecule has 0 aliphatic rings. The van der Waals surface area contributed by atoms with E-state index < -0.39 is 23.9 Å². The highest BCUT2D eigenvalue weighted by Gasteiger charge is 2.26. The number of hydrogen-bond acceptors (Lipinski definition) is 3. The van der Waals surface area contributed by atoms with E-state index in [-0.39, 0.29) is 0 Å². The van der Waals surface area contributed by atoms with Crippen molar-refractivity contribution in [3.63, 3.8) is 0 Å². The number of carbonyl (C=O) groups is 2. The number of hydrogen-bond donors (Lipinski definition) is 2. The lowest BCUT2D eigenvalue weighted by atomic mass is 10.1. The quantitative estimate of drug-likeness (QED) is 0.565. The van der Waals surface area contributed by atoms with Crippen LogP contribution < -0.4 is 0 Å². The molecule has 2 unspecified atom stereocenters. The topological polar surface area (TPSA) is 77.8 Å². The van der Waals surface area contributed by atoms with Crippen LogP contribution in [0.15, 0.2) is 0 Å². The molecule has 0 heterocycles. The standard InChI is InChI=1S/C14H27NO4/c1-4-6-7-8-9-15(10-11(3)13(16)17)12(5-2)14(18)19/h11-12H,4-10H2,1-3H3,(H,16,17)(H,18,19). The first-order valence-electron chi connectivity index (χ1n) is 7.13. The summed E-state index contributed by atoms with van der Waals surface area (Å²) in [6.45, 7) is 6.52. The van der Waals surface area contributed by atoms with Crippen LogP contribution in [0, 0.1) is 5.92 Å². The van der Waals surface area contributed by atoms with Gasteiger partial charge in [0, 0.05) is 6.54 Å². The summed E-state index contributed by atoms with van der Waals surface area (Å²) in [5, 5.41) is 18.2. The molecule has 0 saturated heterocycles. The van der Waals surface area contributed by atoms with Crippen LogP contribution in [0.5, 0.6) is 0 Å². The molecule has 0 aromatic carbocycles. The Morgan fingerprint density at radius 3 is 2.11 bits per heavy atom. The summed E-state index contributed by atoms with van der Waals surface area (Å²) < 4.78 is 0. The van der Waals surface area contributed by atoms with Crippen molar-refractivity contribution in [2.75, 3.05) is 13.1 Å². The van der Waals surface area contributed by atoms with Crippen LogP contribution in [0.4, 0.5) is 0 Å². The van der Waals surface area contributed by atoms with E-state index in [2.05, 4.69) is 6.92 Å². The molecule has 112 valence electrons. The molecule has 0 saturated carbocycles. The lowest BCUT2D eigenvalue weighted by Gasteiger charge is -2.29. The average Bonchev–Trinajstić information content (AvgIpc) is 2.34. The molecule has 0 radical (unpaired) electrons. The van der Waals surface area contributed by atoms with Crippen LogP contribution in [0.3, 0.4) is 0 Å². The highest BCUT2D eigenvalue weighted by atomic mass is 16.4. The largest absolute Gasteiger partial charge is 0.481 e. The van der Waals surface area contributed by atoms with Gasteiger partial charge in [-0.15, -0.1) is 0 Å². The number of unbranched alkanes of at least 4 members (excludes halogenated alkanes) is 3. The zero-order valence-electron chi connectivity index (χ0n) is 12.3. The number of aliphatic carboxylic acids is 2. The van der Waals surface area contributed by atoms with E-state index in [4.69, 9.17) is 5.11 Å². The van der Waals surface area contributed by atoms with Gasteiger partial charge in [0.05, 0.1) is 5.92 Å². The predicted octanol–water partition coefficient (Wildman–Crippen LogP) is 2.45. The first-order valence-corrected chi connectivity index (χ1v) is 7.13. The molecular weight excluding hydrogens is 246 g/mol. The summed E-state index contributed by atoms with van der Waals surface area (Å²) in [5.41, 5.74) is 0. The maximum Gasteiger partial charge on any atom is 0.320 e. The Morgan fingerprint density at radius 2 is 1.68 bits per heavy atom. The molecule has 0 amide bonds. The van der Waals surface area contributed by atoms with E-state index in [0.717, 1.165) is 25.7 Å². The summed E-state index contributed by atoms with van der Waals surface area (Å²) in [4.78, 5) is 23.9. The van der Waals surface area contributed by atoms with Crippen LogP contribution in [-0.2, 0) is 9.59 Å². The first-order chi connectivity index (χ1) is 8.93. The molecule has 0 rings (SSSR count). The van der Waals surface area contributed by atoms with Crippen molar-refractivity contribution in [3.05, 3.63) is 0 Å². The minimum Gasteiger partial charge on any atom is -0.481 e. The van der Waals surface area contributed by atoms with Gasteiger partial charge in [0.25, 0.3) is 0 Å². The second-order valence-corrected chi connectivity index (χ2v) is 5.06. The van der Waals surface area contributed by atoms with E-state index in [9.17, 15) is 14.7 Å². The second-order valence-electron chi connectivity index (χ2n) is 5.06. The molecule has 2 N–H and O–H groups in total. The van der Waals surface area contributed by atoms with Crippen LogP contribution in [-0.4, -0.2) is 46.2 Å². The third kappa shape index (κ3) is 7.15. The Kier molecular flexibility index (Phi) is 9.21. The van der Waals surface area contributed by atoms with E-state index in [1.54, 1.807) is 11.8 Å². The Morgan fingerprint density at radius 1 is 1.05 bits per heavy atom. The molecule has 19 heavy (non-hydrogen) atoms. The fraction of sp³-hybridized carbons (Fsp3) is 0.857. The molecule has 0 aliphatic heterocycles. The van der Waals surface area contributed by atoms with E-state index in [1.807, 2.05) is 6.92 Å². The first kappa shape index (κ1) is 17.9. The Balaban J connectivity index is 4.52. The van der Waals surface area contributed by atoms with Crippen LogP contribution in [0.25, 0.3) is 0 Å². The maximum atomic E-state index is 11.2. The minimum absolute atomic E-state index is 0.298. The highest BCUT2D eigenvalue weighted by Crippen LogP contribution is 2.12. The van der Waals surface area contributed by atoms with E-state index in [1.165, 1.54) is 0 Å². The van der Waals surface area contributed by atoms with Gasteiger partial charge in [0.15, 0.2) is 0 Å². The monoisotopic (exact) mass is 273 g/mol. The zero-order valence-corrected chi connectivity index (χ0v) is 12.3. The van der Waals surface area contributed by atoms with Crippen LogP contribution >= 0.6 is 0 Å². The van der Waals surface area contributed by atoms with Crippen molar-refractivity contribution in [2.45, 2.75) is 58.9 Å². The summed E-state index contributed by atoms with van der Waals surface area (Å²) >= 11 is 0. The average molecular weight is 273 g/mol. The molecule has 2 atom stereocenters. The third-order valence-electron chi connectivity index (χ3n) is 3.34. The Hall–Kier alpha value is -1.10. The number of carboxylic acids is 2. The second kappa shape index (κ2) is 9.78. The fourth-order valence-corrected chi connectivity index (χ4v) is 2.13. The Bertz CT molecular complexity index is 281. The van der Waals surface area contributed by atoms with E-state index in [0.29, 0.717) is 19.5 Å². The van der Waals surface area contributed by atoms with Crippen molar-refractivity contribution in [3.8, 4) is 0 Å². The van der Waals surface area contributed by atoms with Crippen LogP contribution in [0.1, 0.15) is 52.9 Å². The summed E-state index contributed by atoms with van der Waals surface area (Å²) in [5.74, 6) is -2.28. The molecule has 0 aromatic rings. The molecular formula is C14H27NO4. The van der Waals surface area contributed by atoms with Crippen molar-refractivity contribution in [2.24, 2.45) is 5.92 Å². The van der Waals surface area contributed by atoms with Gasteiger partial charge in [0.1, 0.15) is 6.04 Å². The van der Waals surface area contributed by atoms with Crippen molar-refractivity contribution < 1.29 is 19.8 Å². The molecule has 0 fully saturated rings. The normalized spacial score (nSPS) is 14.3. The molecule has 0 aromatic heterocycles. The molecule has 0 aliphatic carbocycles. The Labute approximate surface area is 115 Å². The zero-order chi connectivity index (χ0) is 14.8. The summed E-state index contributed by atoms with van der Waals surface area (Å²) in [6, 6.07) is -0.580. The number of rotatable bonds is 11. The predicted molar refractivity (Wildman–Crippen MR) is 74.2 cm³/mol. The molecule has 5 nitrogen and oxygen atoms in total. The smallest absolute Gasteiger partial charge is 0.320 e. The van der Waals surface area contributed by atoms with Gasteiger partial charge >= 0.3 is 11.9 Å². The molecule has 0 bridgehead atoms. The van der Waals surface area contributed by atoms with Gasteiger partial charge in [-0.3, -0.25) is 14.5 Å². The SMILES string of the molecule is CCCCCCN(CC(C)C(=O)O)C(CC)C(=O)O. The van der Waals surface area contributed by atoms with Gasteiger partial charge in [-0.05, 0) is 19.4 Å². The number of carboxylic acid groups (broad SMARTS) is 2.